The summed E-state index contributed by atoms with van der Waals surface area (Å²) < 4.78 is 1.83. The molecule has 1 heterocycles. The van der Waals surface area contributed by atoms with E-state index in [2.05, 4.69) is 39.7 Å². The second kappa shape index (κ2) is 4.67. The van der Waals surface area contributed by atoms with Crippen molar-refractivity contribution >= 4 is 0 Å². The van der Waals surface area contributed by atoms with Gasteiger partial charge in [-0.1, -0.05) is 24.3 Å². The van der Waals surface area contributed by atoms with E-state index in [-0.39, 0.29) is 0 Å². The van der Waals surface area contributed by atoms with Crippen molar-refractivity contribution in [1.82, 2.24) is 20.1 Å². The molecule has 1 aromatic heterocycles. The standard InChI is InChI=1S/C13H16N4/c1-3-12(8-17-10-14-9-16-17)4-2-11(1)7-15-13-5-6-13/h1-4,9-10,13,15H,5-8H2. The predicted molar refractivity (Wildman–Crippen MR) is 65.4 cm³/mol. The highest BCUT2D eigenvalue weighted by Crippen LogP contribution is 2.19. The summed E-state index contributed by atoms with van der Waals surface area (Å²) in [5, 5.41) is 7.61. The molecule has 1 aliphatic carbocycles. The zero-order chi connectivity index (χ0) is 11.5. The van der Waals surface area contributed by atoms with E-state index in [1.807, 2.05) is 4.68 Å². The van der Waals surface area contributed by atoms with E-state index >= 15 is 0 Å². The molecule has 4 heteroatoms. The minimum absolute atomic E-state index is 0.768. The molecule has 1 aliphatic rings. The van der Waals surface area contributed by atoms with E-state index in [1.165, 1.54) is 24.0 Å². The molecule has 0 bridgehead atoms. The Hall–Kier alpha value is -1.68. The van der Waals surface area contributed by atoms with E-state index in [0.29, 0.717) is 0 Å². The molecule has 1 saturated carbocycles. The van der Waals surface area contributed by atoms with Gasteiger partial charge in [0.1, 0.15) is 12.7 Å². The zero-order valence-corrected chi connectivity index (χ0v) is 9.71. The highest BCUT2D eigenvalue weighted by molar-refractivity contribution is 5.22. The Morgan fingerprint density at radius 1 is 1.18 bits per heavy atom. The molecule has 0 radical (unpaired) electrons. The van der Waals surface area contributed by atoms with Gasteiger partial charge in [0.2, 0.25) is 0 Å². The molecule has 0 unspecified atom stereocenters. The van der Waals surface area contributed by atoms with Crippen LogP contribution in [0, 0.1) is 0 Å². The molecule has 4 nitrogen and oxygen atoms in total. The Morgan fingerprint density at radius 3 is 2.59 bits per heavy atom. The van der Waals surface area contributed by atoms with Gasteiger partial charge >= 0.3 is 0 Å². The minimum Gasteiger partial charge on any atom is -0.310 e. The van der Waals surface area contributed by atoms with Gasteiger partial charge in [-0.15, -0.1) is 0 Å². The number of hydrogen-bond acceptors (Lipinski definition) is 3. The minimum atomic E-state index is 0.768. The summed E-state index contributed by atoms with van der Waals surface area (Å²) in [5.74, 6) is 0. The van der Waals surface area contributed by atoms with Crippen molar-refractivity contribution < 1.29 is 0 Å². The second-order valence-corrected chi connectivity index (χ2v) is 4.56. The van der Waals surface area contributed by atoms with Gasteiger partial charge in [-0.3, -0.25) is 0 Å². The van der Waals surface area contributed by atoms with Crippen LogP contribution in [0.1, 0.15) is 24.0 Å². The van der Waals surface area contributed by atoms with Gasteiger partial charge in [0.15, 0.2) is 0 Å². The molecule has 0 atom stereocenters. The Kier molecular flexibility index (Phi) is 2.88. The van der Waals surface area contributed by atoms with Gasteiger partial charge in [-0.2, -0.15) is 5.10 Å². The van der Waals surface area contributed by atoms with Crippen molar-refractivity contribution in [2.24, 2.45) is 0 Å². The molecule has 1 N–H and O–H groups in total. The molecule has 1 fully saturated rings. The third-order valence-electron chi connectivity index (χ3n) is 3.01. The van der Waals surface area contributed by atoms with Gasteiger partial charge in [0.25, 0.3) is 0 Å². The third-order valence-corrected chi connectivity index (χ3v) is 3.01. The van der Waals surface area contributed by atoms with Crippen molar-refractivity contribution in [3.63, 3.8) is 0 Å². The Labute approximate surface area is 101 Å². The third kappa shape index (κ3) is 2.91. The van der Waals surface area contributed by atoms with Gasteiger partial charge in [-0.05, 0) is 24.0 Å². The largest absolute Gasteiger partial charge is 0.310 e. The van der Waals surface area contributed by atoms with Gasteiger partial charge < -0.3 is 5.32 Å². The van der Waals surface area contributed by atoms with Crippen LogP contribution < -0.4 is 5.32 Å². The first-order valence-electron chi connectivity index (χ1n) is 6.04. The van der Waals surface area contributed by atoms with E-state index in [9.17, 15) is 0 Å². The topological polar surface area (TPSA) is 42.7 Å². The van der Waals surface area contributed by atoms with Crippen LogP contribution in [0.3, 0.4) is 0 Å². The number of nitrogens with one attached hydrogen (secondary N) is 1. The number of rotatable bonds is 5. The molecule has 0 spiro atoms. The molecule has 1 aromatic carbocycles. The van der Waals surface area contributed by atoms with Crippen molar-refractivity contribution in [2.75, 3.05) is 0 Å². The molecule has 88 valence electrons. The maximum absolute atomic E-state index is 4.09. The average Bonchev–Trinajstić information content (AvgIpc) is 3.05. The first-order chi connectivity index (χ1) is 8.40. The van der Waals surface area contributed by atoms with Crippen LogP contribution >= 0.6 is 0 Å². The fourth-order valence-electron chi connectivity index (χ4n) is 1.81. The highest BCUT2D eigenvalue weighted by Gasteiger charge is 2.19. The maximum atomic E-state index is 4.09. The second-order valence-electron chi connectivity index (χ2n) is 4.56. The normalized spacial score (nSPS) is 15.1. The number of nitrogens with zero attached hydrogens (tertiary/aromatic N) is 3. The highest BCUT2D eigenvalue weighted by atomic mass is 15.3. The van der Waals surface area contributed by atoms with Crippen molar-refractivity contribution in [3.8, 4) is 0 Å². The summed E-state index contributed by atoms with van der Waals surface area (Å²) >= 11 is 0. The Bertz CT molecular complexity index is 457. The lowest BCUT2D eigenvalue weighted by atomic mass is 10.1. The molecule has 0 amide bonds. The first kappa shape index (κ1) is 10.5. The van der Waals surface area contributed by atoms with Gasteiger partial charge in [0.05, 0.1) is 6.54 Å². The summed E-state index contributed by atoms with van der Waals surface area (Å²) in [4.78, 5) is 3.93. The van der Waals surface area contributed by atoms with Crippen LogP contribution in [-0.2, 0) is 13.1 Å². The Balaban J connectivity index is 1.58. The van der Waals surface area contributed by atoms with Crippen molar-refractivity contribution in [2.45, 2.75) is 32.0 Å². The SMILES string of the molecule is c1ncn(Cc2ccc(CNC3CC3)cc2)n1. The van der Waals surface area contributed by atoms with E-state index in [4.69, 9.17) is 0 Å². The van der Waals surface area contributed by atoms with Gasteiger partial charge in [0, 0.05) is 12.6 Å². The lowest BCUT2D eigenvalue weighted by Crippen LogP contribution is -2.15. The fraction of sp³-hybridized carbons (Fsp3) is 0.385. The lowest BCUT2D eigenvalue weighted by molar-refractivity contribution is 0.678. The average molecular weight is 228 g/mol. The molecular formula is C13H16N4. The lowest BCUT2D eigenvalue weighted by Gasteiger charge is -2.05. The van der Waals surface area contributed by atoms with Crippen molar-refractivity contribution in [3.05, 3.63) is 48.0 Å². The molecule has 0 saturated heterocycles. The quantitative estimate of drug-likeness (QED) is 0.845. The summed E-state index contributed by atoms with van der Waals surface area (Å²) in [5.41, 5.74) is 2.60. The van der Waals surface area contributed by atoms with Crippen LogP contribution in [0.2, 0.25) is 0 Å². The molecule has 0 aliphatic heterocycles. The van der Waals surface area contributed by atoms with Crippen LogP contribution in [0.15, 0.2) is 36.9 Å². The number of hydrogen-bond donors (Lipinski definition) is 1. The van der Waals surface area contributed by atoms with Crippen LogP contribution in [0.25, 0.3) is 0 Å². The monoisotopic (exact) mass is 228 g/mol. The number of aromatic nitrogens is 3. The van der Waals surface area contributed by atoms with Gasteiger partial charge in [-0.25, -0.2) is 9.67 Å². The summed E-state index contributed by atoms with van der Waals surface area (Å²) in [7, 11) is 0. The Morgan fingerprint density at radius 2 is 1.94 bits per heavy atom. The van der Waals surface area contributed by atoms with E-state index in [0.717, 1.165) is 19.1 Å². The predicted octanol–water partition coefficient (Wildman–Crippen LogP) is 1.58. The first-order valence-corrected chi connectivity index (χ1v) is 6.04. The zero-order valence-electron chi connectivity index (χ0n) is 9.71. The van der Waals surface area contributed by atoms with Crippen molar-refractivity contribution in [1.29, 1.82) is 0 Å². The van der Waals surface area contributed by atoms with E-state index < -0.39 is 0 Å². The van der Waals surface area contributed by atoms with Crippen LogP contribution in [0.5, 0.6) is 0 Å². The summed E-state index contributed by atoms with van der Waals surface area (Å²) in [6, 6.07) is 9.45. The number of benzene rings is 1. The molecule has 17 heavy (non-hydrogen) atoms. The van der Waals surface area contributed by atoms with Crippen LogP contribution in [0.4, 0.5) is 0 Å². The molecule has 2 aromatic rings. The van der Waals surface area contributed by atoms with E-state index in [1.54, 1.807) is 12.7 Å². The molecule has 3 rings (SSSR count). The molecular weight excluding hydrogens is 212 g/mol. The summed E-state index contributed by atoms with van der Waals surface area (Å²) in [6.45, 7) is 1.77. The summed E-state index contributed by atoms with van der Waals surface area (Å²) in [6.07, 6.45) is 5.98. The maximum Gasteiger partial charge on any atom is 0.137 e. The fourth-order valence-corrected chi connectivity index (χ4v) is 1.81. The van der Waals surface area contributed by atoms with Crippen LogP contribution in [-0.4, -0.2) is 20.8 Å². The smallest absolute Gasteiger partial charge is 0.137 e.